The van der Waals surface area contributed by atoms with Crippen molar-refractivity contribution in [2.24, 2.45) is 5.92 Å². The van der Waals surface area contributed by atoms with Gasteiger partial charge in [-0.15, -0.1) is 0 Å². The highest BCUT2D eigenvalue weighted by atomic mass is 32.2. The van der Waals surface area contributed by atoms with Gasteiger partial charge in [0, 0.05) is 13.1 Å². The van der Waals surface area contributed by atoms with Crippen molar-refractivity contribution in [2.45, 2.75) is 24.7 Å². The van der Waals surface area contributed by atoms with Crippen molar-refractivity contribution in [3.63, 3.8) is 0 Å². The summed E-state index contributed by atoms with van der Waals surface area (Å²) in [6.07, 6.45) is 1.87. The minimum atomic E-state index is -3.61. The number of carbonyl (C=O) groups excluding carboxylic acids is 1. The van der Waals surface area contributed by atoms with E-state index in [2.05, 4.69) is 5.32 Å². The highest BCUT2D eigenvalue weighted by Gasteiger charge is 2.31. The molecule has 1 heterocycles. The molecule has 1 aromatic rings. The summed E-state index contributed by atoms with van der Waals surface area (Å²) in [5.41, 5.74) is 0.729. The van der Waals surface area contributed by atoms with Gasteiger partial charge in [0.1, 0.15) is 0 Å². The van der Waals surface area contributed by atoms with Crippen LogP contribution in [0, 0.1) is 12.8 Å². The highest BCUT2D eigenvalue weighted by molar-refractivity contribution is 7.89. The maximum atomic E-state index is 13.0. The quantitative estimate of drug-likeness (QED) is 0.820. The van der Waals surface area contributed by atoms with Gasteiger partial charge in [0.2, 0.25) is 10.0 Å². The molecule has 1 atom stereocenters. The molecule has 1 aliphatic rings. The van der Waals surface area contributed by atoms with E-state index < -0.39 is 16.0 Å². The lowest BCUT2D eigenvalue weighted by Crippen LogP contribution is -2.42. The zero-order valence-electron chi connectivity index (χ0n) is 13.8. The average molecular weight is 340 g/mol. The lowest BCUT2D eigenvalue weighted by atomic mass is 10.00. The van der Waals surface area contributed by atoms with Gasteiger partial charge in [-0.3, -0.25) is 0 Å². The minimum absolute atomic E-state index is 0.186. The molecule has 1 saturated heterocycles. The summed E-state index contributed by atoms with van der Waals surface area (Å²) in [5.74, 6) is -0.209. The van der Waals surface area contributed by atoms with E-state index in [1.54, 1.807) is 25.1 Å². The second kappa shape index (κ2) is 7.42. The Kier molecular flexibility index (Phi) is 5.78. The van der Waals surface area contributed by atoms with E-state index in [-0.39, 0.29) is 10.5 Å². The van der Waals surface area contributed by atoms with Crippen LogP contribution in [-0.2, 0) is 14.8 Å². The summed E-state index contributed by atoms with van der Waals surface area (Å²) in [6, 6.07) is 4.72. The van der Waals surface area contributed by atoms with E-state index in [1.165, 1.54) is 11.4 Å². The molecule has 0 spiro atoms. The van der Waals surface area contributed by atoms with E-state index in [0.717, 1.165) is 19.4 Å². The Labute approximate surface area is 137 Å². The Hall–Kier alpha value is -1.44. The second-order valence-electron chi connectivity index (χ2n) is 5.85. The third-order valence-electron chi connectivity index (χ3n) is 4.28. The van der Waals surface area contributed by atoms with E-state index in [0.29, 0.717) is 24.6 Å². The predicted molar refractivity (Wildman–Crippen MR) is 87.9 cm³/mol. The first-order valence-corrected chi connectivity index (χ1v) is 9.18. The number of nitrogens with zero attached hydrogens (tertiary/aromatic N) is 1. The van der Waals surface area contributed by atoms with Crippen LogP contribution in [0.3, 0.4) is 0 Å². The molecule has 1 unspecified atom stereocenters. The van der Waals surface area contributed by atoms with Crippen LogP contribution in [0.4, 0.5) is 0 Å². The zero-order chi connectivity index (χ0) is 17.0. The first kappa shape index (κ1) is 17.9. The van der Waals surface area contributed by atoms with E-state index in [1.807, 2.05) is 7.05 Å². The number of esters is 1. The lowest BCUT2D eigenvalue weighted by molar-refractivity contribution is 0.0599. The number of nitrogens with one attached hydrogen (secondary N) is 1. The van der Waals surface area contributed by atoms with E-state index in [4.69, 9.17) is 4.74 Å². The van der Waals surface area contributed by atoms with Gasteiger partial charge in [0.25, 0.3) is 0 Å². The standard InChI is InChI=1S/C16H24N2O4S/c1-12-14(16(19)22-3)7-4-8-15(12)23(20,21)18-9-5-6-13(11-18)10-17-2/h4,7-8,13,17H,5-6,9-11H2,1-3H3. The van der Waals surface area contributed by atoms with E-state index in [9.17, 15) is 13.2 Å². The Bertz CT molecular complexity index is 671. The average Bonchev–Trinajstić information content (AvgIpc) is 2.55. The van der Waals surface area contributed by atoms with Gasteiger partial charge in [-0.2, -0.15) is 4.31 Å². The van der Waals surface area contributed by atoms with Gasteiger partial charge in [-0.05, 0) is 57.0 Å². The summed E-state index contributed by atoms with van der Waals surface area (Å²) >= 11 is 0. The molecule has 0 radical (unpaired) electrons. The third-order valence-corrected chi connectivity index (χ3v) is 6.29. The van der Waals surface area contributed by atoms with E-state index >= 15 is 0 Å². The molecule has 0 aromatic heterocycles. The van der Waals surface area contributed by atoms with Crippen molar-refractivity contribution in [1.29, 1.82) is 0 Å². The number of ether oxygens (including phenoxy) is 1. The summed E-state index contributed by atoms with van der Waals surface area (Å²) in [4.78, 5) is 12.0. The predicted octanol–water partition coefficient (Wildman–Crippen LogP) is 1.40. The number of hydrogen-bond acceptors (Lipinski definition) is 5. The van der Waals surface area contributed by atoms with Gasteiger partial charge in [-0.25, -0.2) is 13.2 Å². The zero-order valence-corrected chi connectivity index (χ0v) is 14.6. The van der Waals surface area contributed by atoms with Gasteiger partial charge in [0.05, 0.1) is 17.6 Å². The number of rotatable bonds is 5. The number of sulfonamides is 1. The van der Waals surface area contributed by atoms with Crippen LogP contribution in [0.15, 0.2) is 23.1 Å². The molecular weight excluding hydrogens is 316 g/mol. The number of methoxy groups -OCH3 is 1. The minimum Gasteiger partial charge on any atom is -0.465 e. The van der Waals surface area contributed by atoms with Gasteiger partial charge < -0.3 is 10.1 Å². The van der Waals surface area contributed by atoms with Crippen molar-refractivity contribution in [2.75, 3.05) is 33.8 Å². The smallest absolute Gasteiger partial charge is 0.338 e. The fraction of sp³-hybridized carbons (Fsp3) is 0.562. The molecule has 0 aliphatic carbocycles. The van der Waals surface area contributed by atoms with Crippen LogP contribution in [0.25, 0.3) is 0 Å². The molecule has 0 saturated carbocycles. The normalized spacial score (nSPS) is 19.5. The van der Waals surface area contributed by atoms with Gasteiger partial charge in [-0.1, -0.05) is 6.07 Å². The number of carbonyl (C=O) groups is 1. The first-order valence-electron chi connectivity index (χ1n) is 7.74. The molecule has 7 heteroatoms. The monoisotopic (exact) mass is 340 g/mol. The van der Waals surface area contributed by atoms with Crippen LogP contribution < -0.4 is 5.32 Å². The van der Waals surface area contributed by atoms with Crippen LogP contribution in [-0.4, -0.2) is 52.5 Å². The Morgan fingerprint density at radius 1 is 1.43 bits per heavy atom. The number of piperidine rings is 1. The molecule has 1 aliphatic heterocycles. The Balaban J connectivity index is 2.34. The Morgan fingerprint density at radius 3 is 2.83 bits per heavy atom. The lowest BCUT2D eigenvalue weighted by Gasteiger charge is -2.32. The van der Waals surface area contributed by atoms with Crippen LogP contribution in [0.5, 0.6) is 0 Å². The molecule has 0 amide bonds. The molecule has 2 rings (SSSR count). The molecule has 23 heavy (non-hydrogen) atoms. The fourth-order valence-corrected chi connectivity index (χ4v) is 4.87. The fourth-order valence-electron chi connectivity index (χ4n) is 3.06. The molecular formula is C16H24N2O4S. The van der Waals surface area contributed by atoms with Crippen LogP contribution in [0.1, 0.15) is 28.8 Å². The maximum absolute atomic E-state index is 13.0. The van der Waals surface area contributed by atoms with Crippen LogP contribution >= 0.6 is 0 Å². The van der Waals surface area contributed by atoms with Crippen molar-refractivity contribution in [3.8, 4) is 0 Å². The summed E-state index contributed by atoms with van der Waals surface area (Å²) in [6.45, 7) is 3.47. The molecule has 6 nitrogen and oxygen atoms in total. The summed E-state index contributed by atoms with van der Waals surface area (Å²) in [5, 5.41) is 3.11. The Morgan fingerprint density at radius 2 is 2.17 bits per heavy atom. The molecule has 1 N–H and O–H groups in total. The SMILES string of the molecule is CNCC1CCCN(S(=O)(=O)c2cccc(C(=O)OC)c2C)C1. The van der Waals surface area contributed by atoms with Crippen LogP contribution in [0.2, 0.25) is 0 Å². The third kappa shape index (κ3) is 3.73. The highest BCUT2D eigenvalue weighted by Crippen LogP contribution is 2.27. The van der Waals surface area contributed by atoms with Crippen molar-refractivity contribution in [3.05, 3.63) is 29.3 Å². The molecule has 128 valence electrons. The topological polar surface area (TPSA) is 75.7 Å². The number of hydrogen-bond donors (Lipinski definition) is 1. The summed E-state index contributed by atoms with van der Waals surface area (Å²) in [7, 11) is -0.450. The maximum Gasteiger partial charge on any atom is 0.338 e. The second-order valence-corrected chi connectivity index (χ2v) is 7.76. The van der Waals surface area contributed by atoms with Gasteiger partial charge >= 0.3 is 5.97 Å². The number of benzene rings is 1. The first-order chi connectivity index (χ1) is 10.9. The summed E-state index contributed by atoms with van der Waals surface area (Å²) < 4.78 is 32.2. The molecule has 1 fully saturated rings. The molecule has 1 aromatic carbocycles. The van der Waals surface area contributed by atoms with Crippen molar-refractivity contribution >= 4 is 16.0 Å². The largest absolute Gasteiger partial charge is 0.465 e. The van der Waals surface area contributed by atoms with Crippen molar-refractivity contribution in [1.82, 2.24) is 9.62 Å². The molecule has 0 bridgehead atoms. The van der Waals surface area contributed by atoms with Crippen molar-refractivity contribution < 1.29 is 17.9 Å². The van der Waals surface area contributed by atoms with Gasteiger partial charge in [0.15, 0.2) is 0 Å².